The molecule has 0 aliphatic carbocycles. The summed E-state index contributed by atoms with van der Waals surface area (Å²) < 4.78 is 7.29. The summed E-state index contributed by atoms with van der Waals surface area (Å²) >= 11 is 0. The fourth-order valence-corrected chi connectivity index (χ4v) is 2.22. The number of benzene rings is 1. The Balaban J connectivity index is 1.91. The number of hydrogen-bond acceptors (Lipinski definition) is 3. The van der Waals surface area contributed by atoms with E-state index in [2.05, 4.69) is 45.8 Å². The van der Waals surface area contributed by atoms with Crippen molar-refractivity contribution in [3.63, 3.8) is 0 Å². The van der Waals surface area contributed by atoms with Crippen LogP contribution in [0.2, 0.25) is 0 Å². The first-order chi connectivity index (χ1) is 9.79. The molecule has 1 aromatic carbocycles. The first kappa shape index (κ1) is 14.8. The second-order valence-electron chi connectivity index (χ2n) is 5.04. The van der Waals surface area contributed by atoms with Crippen LogP contribution in [0.4, 0.5) is 0 Å². The van der Waals surface area contributed by atoms with Gasteiger partial charge < -0.3 is 9.30 Å². The Kier molecular flexibility index (Phi) is 5.77. The van der Waals surface area contributed by atoms with E-state index in [1.807, 2.05) is 18.5 Å². The minimum Gasteiger partial charge on any atom is -0.385 e. The van der Waals surface area contributed by atoms with Crippen molar-refractivity contribution < 1.29 is 4.74 Å². The highest BCUT2D eigenvalue weighted by Gasteiger charge is 2.07. The van der Waals surface area contributed by atoms with E-state index in [1.165, 1.54) is 5.56 Å². The van der Waals surface area contributed by atoms with Crippen LogP contribution in [0.5, 0.6) is 0 Å². The van der Waals surface area contributed by atoms with E-state index in [1.54, 1.807) is 7.11 Å². The number of methoxy groups -OCH3 is 1. The van der Waals surface area contributed by atoms with Crippen molar-refractivity contribution in [2.45, 2.75) is 19.5 Å². The van der Waals surface area contributed by atoms with Gasteiger partial charge in [0.2, 0.25) is 0 Å². The molecule has 108 valence electrons. The van der Waals surface area contributed by atoms with E-state index in [4.69, 9.17) is 4.74 Å². The van der Waals surface area contributed by atoms with Crippen LogP contribution in [-0.2, 0) is 17.8 Å². The number of hydrogen-bond donors (Lipinski definition) is 0. The Bertz CT molecular complexity index is 495. The zero-order chi connectivity index (χ0) is 14.2. The average molecular weight is 273 g/mol. The zero-order valence-electron chi connectivity index (χ0n) is 12.3. The summed E-state index contributed by atoms with van der Waals surface area (Å²) in [5.74, 6) is 1.11. The van der Waals surface area contributed by atoms with Crippen LogP contribution < -0.4 is 0 Å². The van der Waals surface area contributed by atoms with Crippen LogP contribution in [0.15, 0.2) is 42.7 Å². The minimum atomic E-state index is 0.808. The van der Waals surface area contributed by atoms with Crippen molar-refractivity contribution >= 4 is 0 Å². The molecule has 0 aliphatic heterocycles. The Labute approximate surface area is 121 Å². The Morgan fingerprint density at radius 3 is 2.80 bits per heavy atom. The fourth-order valence-electron chi connectivity index (χ4n) is 2.22. The van der Waals surface area contributed by atoms with Crippen molar-refractivity contribution in [3.05, 3.63) is 54.1 Å². The summed E-state index contributed by atoms with van der Waals surface area (Å²) in [6.45, 7) is 3.57. The molecule has 0 N–H and O–H groups in total. The minimum absolute atomic E-state index is 0.808. The van der Waals surface area contributed by atoms with Crippen LogP contribution in [-0.4, -0.2) is 41.8 Å². The van der Waals surface area contributed by atoms with E-state index in [-0.39, 0.29) is 0 Å². The van der Waals surface area contributed by atoms with Gasteiger partial charge >= 0.3 is 0 Å². The molecule has 0 saturated heterocycles. The molecule has 0 saturated carbocycles. The van der Waals surface area contributed by atoms with Crippen LogP contribution in [0.1, 0.15) is 17.8 Å². The standard InChI is InChI=1S/C16H23N3O/c1-18(10-6-12-20-2)14-16-17-9-11-19(16)13-15-7-4-3-5-8-15/h3-5,7-9,11H,6,10,12-14H2,1-2H3. The molecule has 20 heavy (non-hydrogen) atoms. The van der Waals surface area contributed by atoms with Crippen LogP contribution in [0.3, 0.4) is 0 Å². The van der Waals surface area contributed by atoms with Crippen LogP contribution in [0.25, 0.3) is 0 Å². The third-order valence-electron chi connectivity index (χ3n) is 3.30. The second-order valence-corrected chi connectivity index (χ2v) is 5.04. The maximum absolute atomic E-state index is 5.08. The lowest BCUT2D eigenvalue weighted by Crippen LogP contribution is -2.22. The largest absolute Gasteiger partial charge is 0.385 e. The molecular formula is C16H23N3O. The number of nitrogens with zero attached hydrogens (tertiary/aromatic N) is 3. The fraction of sp³-hybridized carbons (Fsp3) is 0.438. The summed E-state index contributed by atoms with van der Waals surface area (Å²) in [4.78, 5) is 6.75. The number of imidazole rings is 1. The molecule has 0 amide bonds. The van der Waals surface area contributed by atoms with Crippen molar-refractivity contribution in [1.29, 1.82) is 0 Å². The first-order valence-corrected chi connectivity index (χ1v) is 7.01. The zero-order valence-corrected chi connectivity index (χ0v) is 12.3. The van der Waals surface area contributed by atoms with Crippen LogP contribution in [0, 0.1) is 0 Å². The lowest BCUT2D eigenvalue weighted by atomic mass is 10.2. The number of aromatic nitrogens is 2. The molecule has 4 nitrogen and oxygen atoms in total. The van der Waals surface area contributed by atoms with Gasteiger partial charge in [-0.2, -0.15) is 0 Å². The molecule has 2 rings (SSSR count). The highest BCUT2D eigenvalue weighted by atomic mass is 16.5. The Morgan fingerprint density at radius 1 is 1.25 bits per heavy atom. The van der Waals surface area contributed by atoms with Gasteiger partial charge in [-0.25, -0.2) is 4.98 Å². The third-order valence-corrected chi connectivity index (χ3v) is 3.30. The summed E-state index contributed by atoms with van der Waals surface area (Å²) in [6.07, 6.45) is 4.97. The molecule has 2 aromatic rings. The summed E-state index contributed by atoms with van der Waals surface area (Å²) in [7, 11) is 3.86. The van der Waals surface area contributed by atoms with Crippen LogP contribution >= 0.6 is 0 Å². The molecule has 0 bridgehead atoms. The van der Waals surface area contributed by atoms with E-state index in [0.29, 0.717) is 0 Å². The predicted octanol–water partition coefficient (Wildman–Crippen LogP) is 2.40. The molecule has 0 fully saturated rings. The highest BCUT2D eigenvalue weighted by molar-refractivity contribution is 5.15. The molecule has 0 aliphatic rings. The van der Waals surface area contributed by atoms with E-state index >= 15 is 0 Å². The van der Waals surface area contributed by atoms with Crippen molar-refractivity contribution in [1.82, 2.24) is 14.5 Å². The van der Waals surface area contributed by atoms with Gasteiger partial charge in [-0.15, -0.1) is 0 Å². The maximum Gasteiger partial charge on any atom is 0.123 e. The quantitative estimate of drug-likeness (QED) is 0.692. The third kappa shape index (κ3) is 4.47. The molecule has 0 unspecified atom stereocenters. The van der Waals surface area contributed by atoms with Gasteiger partial charge in [0.05, 0.1) is 6.54 Å². The topological polar surface area (TPSA) is 30.3 Å². The van der Waals surface area contributed by atoms with E-state index < -0.39 is 0 Å². The first-order valence-electron chi connectivity index (χ1n) is 7.01. The molecule has 0 spiro atoms. The average Bonchev–Trinajstić information content (AvgIpc) is 2.87. The molecule has 1 aromatic heterocycles. The van der Waals surface area contributed by atoms with Gasteiger partial charge in [-0.3, -0.25) is 4.90 Å². The smallest absolute Gasteiger partial charge is 0.123 e. The van der Waals surface area contributed by atoms with Gasteiger partial charge in [0.25, 0.3) is 0 Å². The van der Waals surface area contributed by atoms with E-state index in [9.17, 15) is 0 Å². The number of rotatable bonds is 8. The molecule has 1 heterocycles. The van der Waals surface area contributed by atoms with Crippen molar-refractivity contribution in [2.24, 2.45) is 0 Å². The molecule has 0 radical (unpaired) electrons. The SMILES string of the molecule is COCCCN(C)Cc1nccn1Cc1ccccc1. The summed E-state index contributed by atoms with van der Waals surface area (Å²) in [5, 5.41) is 0. The van der Waals surface area contributed by atoms with Crippen molar-refractivity contribution in [3.8, 4) is 0 Å². The van der Waals surface area contributed by atoms with Crippen molar-refractivity contribution in [2.75, 3.05) is 27.3 Å². The molecule has 4 heteroatoms. The summed E-state index contributed by atoms with van der Waals surface area (Å²) in [6, 6.07) is 10.5. The second kappa shape index (κ2) is 7.82. The van der Waals surface area contributed by atoms with E-state index in [0.717, 1.165) is 38.5 Å². The maximum atomic E-state index is 5.08. The Hall–Kier alpha value is -1.65. The van der Waals surface area contributed by atoms with Gasteiger partial charge in [0.1, 0.15) is 5.82 Å². The summed E-state index contributed by atoms with van der Waals surface area (Å²) in [5.41, 5.74) is 1.30. The lowest BCUT2D eigenvalue weighted by Gasteiger charge is -2.17. The highest BCUT2D eigenvalue weighted by Crippen LogP contribution is 2.07. The predicted molar refractivity (Wildman–Crippen MR) is 80.6 cm³/mol. The number of ether oxygens (including phenoxy) is 1. The van der Waals surface area contributed by atoms with Gasteiger partial charge in [0.15, 0.2) is 0 Å². The molecular weight excluding hydrogens is 250 g/mol. The Morgan fingerprint density at radius 2 is 2.05 bits per heavy atom. The normalized spacial score (nSPS) is 11.2. The van der Waals surface area contributed by atoms with Gasteiger partial charge in [-0.05, 0) is 19.0 Å². The van der Waals surface area contributed by atoms with Gasteiger partial charge in [-0.1, -0.05) is 30.3 Å². The molecule has 0 atom stereocenters. The van der Waals surface area contributed by atoms with Gasteiger partial charge in [0, 0.05) is 39.2 Å². The lowest BCUT2D eigenvalue weighted by molar-refractivity contribution is 0.177. The monoisotopic (exact) mass is 273 g/mol.